The molecule has 130 valence electrons. The number of nitrogen functional groups attached to an aromatic ring is 1. The van der Waals surface area contributed by atoms with E-state index in [-0.39, 0.29) is 5.41 Å². The number of nitrogens with zero attached hydrogens (tertiary/aromatic N) is 2. The van der Waals surface area contributed by atoms with Gasteiger partial charge in [0.05, 0.1) is 0 Å². The first kappa shape index (κ1) is 17.5. The zero-order valence-corrected chi connectivity index (χ0v) is 15.9. The van der Waals surface area contributed by atoms with Crippen LogP contribution in [0.1, 0.15) is 55.1 Å². The van der Waals surface area contributed by atoms with Crippen molar-refractivity contribution in [2.24, 2.45) is 11.3 Å². The molecule has 0 amide bonds. The summed E-state index contributed by atoms with van der Waals surface area (Å²) in [6.07, 6.45) is 3.02. The summed E-state index contributed by atoms with van der Waals surface area (Å²) in [5.41, 5.74) is 13.8. The van der Waals surface area contributed by atoms with Crippen molar-refractivity contribution < 1.29 is 0 Å². The highest BCUT2D eigenvalue weighted by Gasteiger charge is 2.32. The molecule has 1 aliphatic rings. The maximum absolute atomic E-state index is 9.76. The minimum atomic E-state index is 0.242. The summed E-state index contributed by atoms with van der Waals surface area (Å²) in [7, 11) is 0. The van der Waals surface area contributed by atoms with Crippen LogP contribution in [-0.4, -0.2) is 4.98 Å². The molecule has 1 unspecified atom stereocenters. The van der Waals surface area contributed by atoms with Crippen LogP contribution in [0.3, 0.4) is 0 Å². The van der Waals surface area contributed by atoms with Crippen molar-refractivity contribution >= 4 is 5.82 Å². The van der Waals surface area contributed by atoms with Gasteiger partial charge in [-0.15, -0.1) is 0 Å². The van der Waals surface area contributed by atoms with Crippen LogP contribution in [0.5, 0.6) is 0 Å². The number of pyridine rings is 1. The van der Waals surface area contributed by atoms with Gasteiger partial charge in [-0.25, -0.2) is 4.98 Å². The van der Waals surface area contributed by atoms with Gasteiger partial charge < -0.3 is 5.73 Å². The highest BCUT2D eigenvalue weighted by molar-refractivity contribution is 5.81. The quantitative estimate of drug-likeness (QED) is 0.801. The van der Waals surface area contributed by atoms with Crippen LogP contribution in [0.2, 0.25) is 0 Å². The number of aryl methyl sites for hydroxylation is 3. The number of nitrogens with two attached hydrogens (primary N) is 1. The van der Waals surface area contributed by atoms with E-state index in [1.165, 1.54) is 16.7 Å². The summed E-state index contributed by atoms with van der Waals surface area (Å²) in [6.45, 7) is 11.1. The van der Waals surface area contributed by atoms with Gasteiger partial charge in [0.1, 0.15) is 17.5 Å². The lowest BCUT2D eigenvalue weighted by Crippen LogP contribution is -2.28. The number of hydrogen-bond donors (Lipinski definition) is 1. The Kier molecular flexibility index (Phi) is 4.33. The summed E-state index contributed by atoms with van der Waals surface area (Å²) in [4.78, 5) is 4.59. The predicted octanol–water partition coefficient (Wildman–Crippen LogP) is 4.97. The van der Waals surface area contributed by atoms with Gasteiger partial charge in [-0.1, -0.05) is 44.5 Å². The molecule has 0 saturated carbocycles. The van der Waals surface area contributed by atoms with Crippen molar-refractivity contribution in [1.82, 2.24) is 4.98 Å². The lowest BCUT2D eigenvalue weighted by molar-refractivity contribution is 0.215. The standard InChI is InChI=1S/C22H27N3/c1-13-6-8-16(14(2)10-13)20-17-11-15(22(3,4)5)7-9-19(17)25-21(24)18(20)12-23/h6,8,10,15H,7,9,11H2,1-5H3,(H2,24,25). The van der Waals surface area contributed by atoms with Gasteiger partial charge in [0.25, 0.3) is 0 Å². The molecule has 2 N–H and O–H groups in total. The molecule has 2 aromatic rings. The van der Waals surface area contributed by atoms with Crippen molar-refractivity contribution in [1.29, 1.82) is 5.26 Å². The Morgan fingerprint density at radius 2 is 1.96 bits per heavy atom. The summed E-state index contributed by atoms with van der Waals surface area (Å²) >= 11 is 0. The fourth-order valence-electron chi connectivity index (χ4n) is 4.02. The van der Waals surface area contributed by atoms with E-state index in [4.69, 9.17) is 5.73 Å². The molecule has 3 nitrogen and oxygen atoms in total. The largest absolute Gasteiger partial charge is 0.383 e. The first-order chi connectivity index (χ1) is 11.7. The number of rotatable bonds is 1. The summed E-state index contributed by atoms with van der Waals surface area (Å²) in [5.74, 6) is 0.951. The molecule has 0 aliphatic heterocycles. The van der Waals surface area contributed by atoms with Gasteiger partial charge in [0, 0.05) is 11.3 Å². The molecule has 1 aromatic heterocycles. The molecular formula is C22H27N3. The average Bonchev–Trinajstić information content (AvgIpc) is 2.52. The molecule has 1 heterocycles. The van der Waals surface area contributed by atoms with Crippen LogP contribution in [0, 0.1) is 36.5 Å². The highest BCUT2D eigenvalue weighted by atomic mass is 14.9. The van der Waals surface area contributed by atoms with Crippen molar-refractivity contribution in [2.75, 3.05) is 5.73 Å². The zero-order chi connectivity index (χ0) is 18.4. The van der Waals surface area contributed by atoms with Crippen LogP contribution in [0.25, 0.3) is 11.1 Å². The van der Waals surface area contributed by atoms with E-state index in [1.807, 2.05) is 0 Å². The lowest BCUT2D eigenvalue weighted by atomic mass is 9.70. The second kappa shape index (κ2) is 6.19. The van der Waals surface area contributed by atoms with Gasteiger partial charge in [-0.3, -0.25) is 0 Å². The molecule has 0 spiro atoms. The van der Waals surface area contributed by atoms with Gasteiger partial charge in [0.15, 0.2) is 0 Å². The summed E-state index contributed by atoms with van der Waals surface area (Å²) in [5, 5.41) is 9.76. The molecule has 25 heavy (non-hydrogen) atoms. The number of hydrogen-bond acceptors (Lipinski definition) is 3. The summed E-state index contributed by atoms with van der Waals surface area (Å²) in [6, 6.07) is 8.72. The number of aromatic nitrogens is 1. The zero-order valence-electron chi connectivity index (χ0n) is 15.9. The maximum atomic E-state index is 9.76. The number of fused-ring (bicyclic) bond motifs is 1. The van der Waals surface area contributed by atoms with E-state index in [9.17, 15) is 5.26 Å². The van der Waals surface area contributed by atoms with Crippen LogP contribution in [0.4, 0.5) is 5.82 Å². The van der Waals surface area contributed by atoms with Crippen LogP contribution in [0.15, 0.2) is 18.2 Å². The minimum absolute atomic E-state index is 0.242. The minimum Gasteiger partial charge on any atom is -0.383 e. The van der Waals surface area contributed by atoms with Crippen molar-refractivity contribution in [3.05, 3.63) is 46.1 Å². The van der Waals surface area contributed by atoms with Crippen molar-refractivity contribution in [3.8, 4) is 17.2 Å². The maximum Gasteiger partial charge on any atom is 0.142 e. The van der Waals surface area contributed by atoms with Gasteiger partial charge >= 0.3 is 0 Å². The fraction of sp³-hybridized carbons (Fsp3) is 0.455. The number of benzene rings is 1. The summed E-state index contributed by atoms with van der Waals surface area (Å²) < 4.78 is 0. The second-order valence-corrected chi connectivity index (χ2v) is 8.41. The van der Waals surface area contributed by atoms with E-state index in [2.05, 4.69) is 63.9 Å². The molecule has 3 heteroatoms. The fourth-order valence-corrected chi connectivity index (χ4v) is 4.02. The smallest absolute Gasteiger partial charge is 0.142 e. The Morgan fingerprint density at radius 1 is 1.24 bits per heavy atom. The number of anilines is 1. The first-order valence-corrected chi connectivity index (χ1v) is 9.01. The van der Waals surface area contributed by atoms with E-state index in [1.54, 1.807) is 0 Å². The van der Waals surface area contributed by atoms with Gasteiger partial charge in [0.2, 0.25) is 0 Å². The Balaban J connectivity index is 2.27. The van der Waals surface area contributed by atoms with E-state index < -0.39 is 0 Å². The SMILES string of the molecule is Cc1ccc(-c2c(C#N)c(N)nc3c2CC(C(C)(C)C)CC3)c(C)c1. The topological polar surface area (TPSA) is 62.7 Å². The molecular weight excluding hydrogens is 306 g/mol. The van der Waals surface area contributed by atoms with Crippen LogP contribution < -0.4 is 5.73 Å². The Morgan fingerprint density at radius 3 is 2.56 bits per heavy atom. The van der Waals surface area contributed by atoms with Gasteiger partial charge in [-0.05, 0) is 61.1 Å². The normalized spacial score (nSPS) is 17.0. The molecule has 3 rings (SSSR count). The molecule has 0 saturated heterocycles. The third-order valence-corrected chi connectivity index (χ3v) is 5.58. The highest BCUT2D eigenvalue weighted by Crippen LogP contribution is 2.43. The second-order valence-electron chi connectivity index (χ2n) is 8.41. The monoisotopic (exact) mass is 333 g/mol. The molecule has 1 aromatic carbocycles. The van der Waals surface area contributed by atoms with E-state index in [0.29, 0.717) is 17.3 Å². The number of nitriles is 1. The average molecular weight is 333 g/mol. The van der Waals surface area contributed by atoms with Crippen molar-refractivity contribution in [2.45, 2.75) is 53.9 Å². The van der Waals surface area contributed by atoms with E-state index in [0.717, 1.165) is 36.1 Å². The van der Waals surface area contributed by atoms with Crippen LogP contribution in [-0.2, 0) is 12.8 Å². The Bertz CT molecular complexity index is 866. The van der Waals surface area contributed by atoms with Crippen LogP contribution >= 0.6 is 0 Å². The molecule has 0 bridgehead atoms. The van der Waals surface area contributed by atoms with E-state index >= 15 is 0 Å². The van der Waals surface area contributed by atoms with Crippen molar-refractivity contribution in [3.63, 3.8) is 0 Å². The first-order valence-electron chi connectivity index (χ1n) is 9.01. The Hall–Kier alpha value is -2.34. The lowest BCUT2D eigenvalue weighted by Gasteiger charge is -2.36. The molecule has 1 atom stereocenters. The molecule has 0 radical (unpaired) electrons. The predicted molar refractivity (Wildman–Crippen MR) is 103 cm³/mol. The molecule has 0 fully saturated rings. The third-order valence-electron chi connectivity index (χ3n) is 5.58. The third kappa shape index (κ3) is 3.14. The Labute approximate surface area is 150 Å². The van der Waals surface area contributed by atoms with Gasteiger partial charge in [-0.2, -0.15) is 5.26 Å². The molecule has 1 aliphatic carbocycles.